The number of hydrogen-bond acceptors (Lipinski definition) is 1. The molecule has 1 aliphatic carbocycles. The van der Waals surface area contributed by atoms with Crippen LogP contribution in [0.5, 0.6) is 0 Å². The third-order valence-electron chi connectivity index (χ3n) is 3.95. The summed E-state index contributed by atoms with van der Waals surface area (Å²) in [5.41, 5.74) is 8.62. The molecule has 0 saturated heterocycles. The Hall–Kier alpha value is -1.81. The summed E-state index contributed by atoms with van der Waals surface area (Å²) in [5.74, 6) is 1.11. The molecule has 114 valence electrons. The van der Waals surface area contributed by atoms with Crippen molar-refractivity contribution in [2.75, 3.05) is 6.54 Å². The zero-order valence-electron chi connectivity index (χ0n) is 12.4. The minimum Gasteiger partial charge on any atom is -0.370 e. The van der Waals surface area contributed by atoms with Crippen molar-refractivity contribution in [1.82, 2.24) is 5.32 Å². The van der Waals surface area contributed by atoms with Gasteiger partial charge in [0.05, 0.1) is 0 Å². The third-order valence-corrected chi connectivity index (χ3v) is 4.48. The van der Waals surface area contributed by atoms with Crippen molar-refractivity contribution < 1.29 is 0 Å². The van der Waals surface area contributed by atoms with Crippen LogP contribution in [0.25, 0.3) is 0 Å². The molecule has 4 heteroatoms. The minimum atomic E-state index is 0.418. The molecular formula is C18H20BrN3. The molecule has 3 N–H and O–H groups in total. The standard InChI is InChI=1S/C18H20BrN3/c19-15-8-6-14(7-9-15)16-12-17(16)22-18(20)21-11-10-13-4-2-1-3-5-13/h1-9,16-17H,10-12H2,(H3,20,21,22). The molecule has 0 aliphatic heterocycles. The van der Waals surface area contributed by atoms with Crippen LogP contribution in [0.15, 0.2) is 64.1 Å². The first kappa shape index (κ1) is 15.1. The van der Waals surface area contributed by atoms with Crippen LogP contribution in [0.1, 0.15) is 23.5 Å². The van der Waals surface area contributed by atoms with E-state index in [9.17, 15) is 0 Å². The van der Waals surface area contributed by atoms with Gasteiger partial charge in [0, 0.05) is 23.0 Å². The summed E-state index contributed by atoms with van der Waals surface area (Å²) >= 11 is 3.46. The van der Waals surface area contributed by atoms with E-state index >= 15 is 0 Å². The molecule has 2 aromatic carbocycles. The molecule has 2 atom stereocenters. The van der Waals surface area contributed by atoms with Crippen molar-refractivity contribution >= 4 is 21.9 Å². The second kappa shape index (κ2) is 6.97. The van der Waals surface area contributed by atoms with Gasteiger partial charge in [0.2, 0.25) is 0 Å². The van der Waals surface area contributed by atoms with Gasteiger partial charge in [0.1, 0.15) is 0 Å². The van der Waals surface area contributed by atoms with E-state index < -0.39 is 0 Å². The maximum Gasteiger partial charge on any atom is 0.188 e. The number of nitrogens with zero attached hydrogens (tertiary/aromatic N) is 1. The number of nitrogens with two attached hydrogens (primary N) is 1. The van der Waals surface area contributed by atoms with Crippen molar-refractivity contribution in [3.05, 3.63) is 70.2 Å². The van der Waals surface area contributed by atoms with Gasteiger partial charge >= 0.3 is 0 Å². The molecular weight excluding hydrogens is 338 g/mol. The molecule has 1 saturated carbocycles. The van der Waals surface area contributed by atoms with Crippen molar-refractivity contribution in [3.8, 4) is 0 Å². The highest BCUT2D eigenvalue weighted by Gasteiger charge is 2.38. The normalized spacial score (nSPS) is 20.7. The van der Waals surface area contributed by atoms with Crippen molar-refractivity contribution in [1.29, 1.82) is 0 Å². The molecule has 3 rings (SSSR count). The van der Waals surface area contributed by atoms with E-state index in [2.05, 4.69) is 62.6 Å². The zero-order valence-corrected chi connectivity index (χ0v) is 14.0. The summed E-state index contributed by atoms with van der Waals surface area (Å²) in [7, 11) is 0. The van der Waals surface area contributed by atoms with Gasteiger partial charge in [-0.1, -0.05) is 58.4 Å². The number of benzene rings is 2. The zero-order chi connectivity index (χ0) is 15.4. The number of hydrogen-bond donors (Lipinski definition) is 2. The van der Waals surface area contributed by atoms with Crippen LogP contribution in [0.2, 0.25) is 0 Å². The van der Waals surface area contributed by atoms with E-state index in [1.807, 2.05) is 18.2 Å². The molecule has 0 bridgehead atoms. The molecule has 22 heavy (non-hydrogen) atoms. The lowest BCUT2D eigenvalue weighted by Gasteiger charge is -2.06. The van der Waals surface area contributed by atoms with Gasteiger partial charge in [0.15, 0.2) is 5.96 Å². The SMILES string of the molecule is NC(=NCCc1ccccc1)NC1CC1c1ccc(Br)cc1. The average molecular weight is 358 g/mol. The first-order valence-electron chi connectivity index (χ1n) is 7.58. The Balaban J connectivity index is 1.45. The molecule has 2 unspecified atom stereocenters. The van der Waals surface area contributed by atoms with Gasteiger partial charge in [-0.3, -0.25) is 4.99 Å². The molecule has 0 radical (unpaired) electrons. The second-order valence-corrected chi connectivity index (χ2v) is 6.56. The van der Waals surface area contributed by atoms with Crippen molar-refractivity contribution in [2.24, 2.45) is 10.7 Å². The summed E-state index contributed by atoms with van der Waals surface area (Å²) in [5, 5.41) is 3.32. The van der Waals surface area contributed by atoms with Crippen LogP contribution in [-0.4, -0.2) is 18.5 Å². The van der Waals surface area contributed by atoms with Gasteiger partial charge in [0.25, 0.3) is 0 Å². The maximum atomic E-state index is 5.97. The highest BCUT2D eigenvalue weighted by atomic mass is 79.9. The van der Waals surface area contributed by atoms with Gasteiger partial charge in [-0.25, -0.2) is 0 Å². The number of aliphatic imine (C=N–C) groups is 1. The van der Waals surface area contributed by atoms with E-state index in [1.54, 1.807) is 0 Å². The first-order chi connectivity index (χ1) is 10.7. The summed E-state index contributed by atoms with van der Waals surface area (Å²) < 4.78 is 1.11. The molecule has 0 heterocycles. The number of nitrogens with one attached hydrogen (secondary N) is 1. The Bertz CT molecular complexity index is 637. The first-order valence-corrected chi connectivity index (χ1v) is 8.37. The molecule has 3 nitrogen and oxygen atoms in total. The van der Waals surface area contributed by atoms with E-state index in [4.69, 9.17) is 5.73 Å². The van der Waals surface area contributed by atoms with E-state index in [0.717, 1.165) is 23.9 Å². The predicted molar refractivity (Wildman–Crippen MR) is 95.1 cm³/mol. The Labute approximate surface area is 139 Å². The van der Waals surface area contributed by atoms with Crippen molar-refractivity contribution in [2.45, 2.75) is 24.8 Å². The fourth-order valence-corrected chi connectivity index (χ4v) is 2.88. The van der Waals surface area contributed by atoms with Crippen LogP contribution in [0.4, 0.5) is 0 Å². The third kappa shape index (κ3) is 4.10. The van der Waals surface area contributed by atoms with Crippen LogP contribution in [0, 0.1) is 0 Å². The van der Waals surface area contributed by atoms with Crippen LogP contribution >= 0.6 is 15.9 Å². The lowest BCUT2D eigenvalue weighted by molar-refractivity contribution is 0.842. The summed E-state index contributed by atoms with van der Waals surface area (Å²) in [4.78, 5) is 4.42. The number of halogens is 1. The summed E-state index contributed by atoms with van der Waals surface area (Å²) in [6.45, 7) is 0.721. The van der Waals surface area contributed by atoms with Gasteiger partial charge in [-0.05, 0) is 36.1 Å². The largest absolute Gasteiger partial charge is 0.370 e. The van der Waals surface area contributed by atoms with Gasteiger partial charge < -0.3 is 11.1 Å². The Morgan fingerprint density at radius 1 is 1.14 bits per heavy atom. The van der Waals surface area contributed by atoms with Crippen molar-refractivity contribution in [3.63, 3.8) is 0 Å². The van der Waals surface area contributed by atoms with Gasteiger partial charge in [-0.2, -0.15) is 0 Å². The molecule has 0 amide bonds. The lowest BCUT2D eigenvalue weighted by Crippen LogP contribution is -2.34. The van der Waals surface area contributed by atoms with E-state index in [-0.39, 0.29) is 0 Å². The molecule has 0 spiro atoms. The monoisotopic (exact) mass is 357 g/mol. The quantitative estimate of drug-likeness (QED) is 0.635. The van der Waals surface area contributed by atoms with E-state index in [1.165, 1.54) is 11.1 Å². The number of guanidine groups is 1. The second-order valence-electron chi connectivity index (χ2n) is 5.65. The summed E-state index contributed by atoms with van der Waals surface area (Å²) in [6.07, 6.45) is 2.04. The summed E-state index contributed by atoms with van der Waals surface area (Å²) in [6, 6.07) is 19.3. The predicted octanol–water partition coefficient (Wildman–Crippen LogP) is 3.45. The Kier molecular flexibility index (Phi) is 4.78. The molecule has 1 aliphatic rings. The fraction of sp³-hybridized carbons (Fsp3) is 0.278. The molecule has 0 aromatic heterocycles. The minimum absolute atomic E-state index is 0.418. The van der Waals surface area contributed by atoms with E-state index in [0.29, 0.717) is 17.9 Å². The van der Waals surface area contributed by atoms with Crippen LogP contribution in [0.3, 0.4) is 0 Å². The fourth-order valence-electron chi connectivity index (χ4n) is 2.62. The highest BCUT2D eigenvalue weighted by Crippen LogP contribution is 2.40. The average Bonchev–Trinajstić information content (AvgIpc) is 3.28. The smallest absolute Gasteiger partial charge is 0.188 e. The molecule has 1 fully saturated rings. The molecule has 2 aromatic rings. The maximum absolute atomic E-state index is 5.97. The van der Waals surface area contributed by atoms with Gasteiger partial charge in [-0.15, -0.1) is 0 Å². The van der Waals surface area contributed by atoms with Crippen LogP contribution in [-0.2, 0) is 6.42 Å². The van der Waals surface area contributed by atoms with Crippen LogP contribution < -0.4 is 11.1 Å². The Morgan fingerprint density at radius 3 is 2.59 bits per heavy atom. The topological polar surface area (TPSA) is 50.4 Å². The lowest BCUT2D eigenvalue weighted by atomic mass is 10.1. The number of rotatable bonds is 5. The Morgan fingerprint density at radius 2 is 1.86 bits per heavy atom. The highest BCUT2D eigenvalue weighted by molar-refractivity contribution is 9.10.